The van der Waals surface area contributed by atoms with E-state index in [1.165, 1.54) is 11.3 Å². The van der Waals surface area contributed by atoms with Crippen LogP contribution in [0.25, 0.3) is 33.5 Å². The van der Waals surface area contributed by atoms with E-state index >= 15 is 0 Å². The van der Waals surface area contributed by atoms with Crippen LogP contribution in [0.5, 0.6) is 5.88 Å². The Hall–Kier alpha value is -3.62. The van der Waals surface area contributed by atoms with Crippen molar-refractivity contribution in [3.05, 3.63) is 87.9 Å². The minimum absolute atomic E-state index is 0.113. The lowest BCUT2D eigenvalue weighted by molar-refractivity contribution is -0.119. The van der Waals surface area contributed by atoms with Gasteiger partial charge >= 0.3 is 0 Å². The molecule has 0 spiro atoms. The number of hydrogen-bond acceptors (Lipinski definition) is 6. The van der Waals surface area contributed by atoms with Gasteiger partial charge in [0.15, 0.2) is 0 Å². The highest BCUT2D eigenvalue weighted by Crippen LogP contribution is 2.43. The van der Waals surface area contributed by atoms with Gasteiger partial charge in [0.1, 0.15) is 0 Å². The molecular weight excluding hydrogens is 581 g/mol. The monoisotopic (exact) mass is 615 g/mol. The van der Waals surface area contributed by atoms with E-state index in [0.29, 0.717) is 41.1 Å². The van der Waals surface area contributed by atoms with Gasteiger partial charge in [0.2, 0.25) is 11.8 Å². The lowest BCUT2D eigenvalue weighted by Gasteiger charge is -2.20. The molecule has 1 fully saturated rings. The molecule has 0 saturated carbocycles. The van der Waals surface area contributed by atoms with Gasteiger partial charge in [-0.3, -0.25) is 4.79 Å². The highest BCUT2D eigenvalue weighted by Gasteiger charge is 2.21. The van der Waals surface area contributed by atoms with E-state index < -0.39 is 0 Å². The number of likely N-dealkylation sites (N-methyl/N-ethyl adjacent to an activating group) is 1. The lowest BCUT2D eigenvalue weighted by atomic mass is 9.95. The molecule has 222 valence electrons. The van der Waals surface area contributed by atoms with Gasteiger partial charge in [0, 0.05) is 85.7 Å². The van der Waals surface area contributed by atoms with Crippen molar-refractivity contribution >= 4 is 34.8 Å². The van der Waals surface area contributed by atoms with Gasteiger partial charge in [-0.2, -0.15) is 0 Å². The summed E-state index contributed by atoms with van der Waals surface area (Å²) in [4.78, 5) is 18.6. The maximum Gasteiger partial charge on any atom is 0.220 e. The van der Waals surface area contributed by atoms with Gasteiger partial charge in [0.25, 0.3) is 0 Å². The lowest BCUT2D eigenvalue weighted by Crippen LogP contribution is -2.35. The third kappa shape index (κ3) is 6.22. The minimum atomic E-state index is 0.113. The number of fused-ring (bicyclic) bond motifs is 1. The molecule has 3 heterocycles. The summed E-state index contributed by atoms with van der Waals surface area (Å²) in [6.45, 7) is 4.02. The number of pyridine rings is 1. The molecule has 7 nitrogen and oxygen atoms in total. The van der Waals surface area contributed by atoms with E-state index in [4.69, 9.17) is 32.9 Å². The number of methoxy groups -OCH3 is 1. The van der Waals surface area contributed by atoms with Crippen molar-refractivity contribution in [3.8, 4) is 39.4 Å². The smallest absolute Gasteiger partial charge is 0.220 e. The quantitative estimate of drug-likeness (QED) is 0.216. The van der Waals surface area contributed by atoms with Crippen LogP contribution in [0.1, 0.15) is 24.0 Å². The number of aromatic nitrogens is 1. The molecule has 1 aromatic heterocycles. The largest absolute Gasteiger partial charge is 0.481 e. The Morgan fingerprint density at radius 1 is 1.00 bits per heavy atom. The Bertz CT molecular complexity index is 1660. The summed E-state index contributed by atoms with van der Waals surface area (Å²) in [6, 6.07) is 22.7. The Morgan fingerprint density at radius 2 is 1.74 bits per heavy atom. The molecule has 1 saturated heterocycles. The van der Waals surface area contributed by atoms with Gasteiger partial charge in [-0.1, -0.05) is 71.7 Å². The highest BCUT2D eigenvalue weighted by atomic mass is 35.5. The van der Waals surface area contributed by atoms with Crippen LogP contribution in [0.2, 0.25) is 10.0 Å². The number of anilines is 1. The molecule has 1 unspecified atom stereocenters. The molecule has 1 amide bonds. The van der Waals surface area contributed by atoms with Crippen molar-refractivity contribution in [2.45, 2.75) is 32.0 Å². The van der Waals surface area contributed by atoms with Crippen LogP contribution < -0.4 is 25.6 Å². The third-order valence-corrected chi connectivity index (χ3v) is 9.04. The predicted molar refractivity (Wildman–Crippen MR) is 175 cm³/mol. The molecule has 3 aromatic carbocycles. The van der Waals surface area contributed by atoms with Crippen molar-refractivity contribution in [1.29, 1.82) is 0 Å². The Kier molecular flexibility index (Phi) is 8.86. The van der Waals surface area contributed by atoms with Gasteiger partial charge in [-0.05, 0) is 35.7 Å². The van der Waals surface area contributed by atoms with Crippen LogP contribution in [0.4, 0.5) is 5.69 Å². The van der Waals surface area contributed by atoms with Crippen LogP contribution in [-0.4, -0.2) is 50.7 Å². The Balaban J connectivity index is 1.27. The third-order valence-electron chi connectivity index (χ3n) is 8.23. The highest BCUT2D eigenvalue weighted by molar-refractivity contribution is 6.39. The maximum atomic E-state index is 11.5. The van der Waals surface area contributed by atoms with Gasteiger partial charge in [-0.25, -0.2) is 4.98 Å². The number of ether oxygens (including phenoxy) is 1. The summed E-state index contributed by atoms with van der Waals surface area (Å²) in [7, 11) is 3.74. The summed E-state index contributed by atoms with van der Waals surface area (Å²) in [5.41, 5.74) is 8.67. The topological polar surface area (TPSA) is 78.5 Å². The van der Waals surface area contributed by atoms with Gasteiger partial charge < -0.3 is 25.6 Å². The molecule has 0 bridgehead atoms. The van der Waals surface area contributed by atoms with E-state index in [2.05, 4.69) is 52.2 Å². The summed E-state index contributed by atoms with van der Waals surface area (Å²) < 4.78 is 5.65. The number of carbonyl (C=O) groups excluding carboxylic acids is 1. The molecule has 4 aromatic rings. The zero-order valence-corrected chi connectivity index (χ0v) is 25.9. The number of carbonyl (C=O) groups is 1. The normalized spacial score (nSPS) is 16.5. The van der Waals surface area contributed by atoms with E-state index in [9.17, 15) is 4.79 Å². The van der Waals surface area contributed by atoms with Crippen LogP contribution in [0, 0.1) is 0 Å². The van der Waals surface area contributed by atoms with Crippen molar-refractivity contribution in [3.63, 3.8) is 0 Å². The van der Waals surface area contributed by atoms with Crippen LogP contribution in [0.3, 0.4) is 0 Å². The number of nitrogens with one attached hydrogen (secondary N) is 3. The molecule has 0 radical (unpaired) electrons. The summed E-state index contributed by atoms with van der Waals surface area (Å²) in [6.07, 6.45) is 1.44. The first-order chi connectivity index (χ1) is 20.9. The molecule has 2 aliphatic rings. The van der Waals surface area contributed by atoms with Crippen molar-refractivity contribution in [1.82, 2.24) is 20.9 Å². The molecule has 2 aliphatic heterocycles. The molecule has 1 atom stereocenters. The second kappa shape index (κ2) is 12.9. The summed E-state index contributed by atoms with van der Waals surface area (Å²) >= 11 is 14.2. The first-order valence-electron chi connectivity index (χ1n) is 14.6. The van der Waals surface area contributed by atoms with E-state index in [1.54, 1.807) is 7.11 Å². The minimum Gasteiger partial charge on any atom is -0.481 e. The fraction of sp³-hybridized carbons (Fsp3) is 0.294. The molecule has 9 heteroatoms. The second-order valence-corrected chi connectivity index (χ2v) is 11.8. The van der Waals surface area contributed by atoms with Crippen LogP contribution in [0.15, 0.2) is 66.7 Å². The molecule has 6 rings (SSSR count). The second-order valence-electron chi connectivity index (χ2n) is 11.1. The molecule has 3 N–H and O–H groups in total. The van der Waals surface area contributed by atoms with E-state index in [0.717, 1.165) is 59.4 Å². The Morgan fingerprint density at radius 3 is 2.49 bits per heavy atom. The van der Waals surface area contributed by atoms with E-state index in [1.807, 2.05) is 42.5 Å². The van der Waals surface area contributed by atoms with Gasteiger partial charge in [-0.15, -0.1) is 0 Å². The molecule has 43 heavy (non-hydrogen) atoms. The van der Waals surface area contributed by atoms with Crippen LogP contribution in [-0.2, 0) is 17.9 Å². The standard InChI is InChI=1S/C34H35Cl2N5O2/c1-41-16-15-37-19-23-17-21(10-13-30(23)41)25-5-3-6-26(32(25)35)27-7-4-8-28(33(27)36)29-12-9-22(34(40-29)43-2)18-38-20-24-11-14-31(42)39-24/h3-10,12-13,17,24,37-38H,11,14-16,18-20H2,1-2H3,(H,39,42). The maximum absolute atomic E-state index is 11.5. The fourth-order valence-electron chi connectivity index (χ4n) is 5.90. The first-order valence-corrected chi connectivity index (χ1v) is 15.4. The molecule has 0 aliphatic carbocycles. The van der Waals surface area contributed by atoms with Gasteiger partial charge in [0.05, 0.1) is 22.8 Å². The van der Waals surface area contributed by atoms with Crippen LogP contribution >= 0.6 is 23.2 Å². The number of amides is 1. The number of nitrogens with zero attached hydrogens (tertiary/aromatic N) is 2. The zero-order chi connectivity index (χ0) is 29.9. The summed E-state index contributed by atoms with van der Waals surface area (Å²) in [5, 5.41) is 11.1. The molecular formula is C34H35Cl2N5O2. The zero-order valence-electron chi connectivity index (χ0n) is 24.3. The SMILES string of the molecule is COc1nc(-c2cccc(-c3cccc(-c4ccc5c(c4)CNCCN5C)c3Cl)c2Cl)ccc1CNCC1CCC(=O)N1. The Labute approximate surface area is 262 Å². The van der Waals surface area contributed by atoms with Crippen molar-refractivity contribution in [2.75, 3.05) is 38.7 Å². The summed E-state index contributed by atoms with van der Waals surface area (Å²) in [5.74, 6) is 0.646. The average Bonchev–Trinajstić information content (AvgIpc) is 3.34. The van der Waals surface area contributed by atoms with Crippen molar-refractivity contribution < 1.29 is 9.53 Å². The number of halogens is 2. The first kappa shape index (κ1) is 29.5. The number of benzene rings is 3. The fourth-order valence-corrected chi connectivity index (χ4v) is 6.56. The number of hydrogen-bond donors (Lipinski definition) is 3. The average molecular weight is 617 g/mol. The van der Waals surface area contributed by atoms with E-state index in [-0.39, 0.29) is 11.9 Å². The predicted octanol–water partition coefficient (Wildman–Crippen LogP) is 6.31. The number of rotatable bonds is 8. The van der Waals surface area contributed by atoms with Crippen molar-refractivity contribution in [2.24, 2.45) is 0 Å².